The summed E-state index contributed by atoms with van der Waals surface area (Å²) in [6.45, 7) is 4.62. The van der Waals surface area contributed by atoms with Crippen molar-refractivity contribution in [1.29, 1.82) is 0 Å². The number of hydrogen-bond acceptors (Lipinski definition) is 2. The maximum atomic E-state index is 11.0. The summed E-state index contributed by atoms with van der Waals surface area (Å²) in [6.07, 6.45) is 8.68. The molecule has 0 saturated heterocycles. The van der Waals surface area contributed by atoms with E-state index in [9.17, 15) is 4.79 Å². The first-order valence-corrected chi connectivity index (χ1v) is 5.11. The zero-order valence-corrected chi connectivity index (χ0v) is 8.71. The van der Waals surface area contributed by atoms with E-state index in [1.165, 1.54) is 0 Å². The Morgan fingerprint density at radius 3 is 2.62 bits per heavy atom. The molecule has 2 heteroatoms. The molecule has 0 aromatic heterocycles. The summed E-state index contributed by atoms with van der Waals surface area (Å²) in [5.74, 6) is -0.0806. The molecule has 0 atom stereocenters. The average Bonchev–Trinajstić information content (AvgIpc) is 2.14. The van der Waals surface area contributed by atoms with Crippen molar-refractivity contribution in [1.82, 2.24) is 0 Å². The van der Waals surface area contributed by atoms with Crippen LogP contribution in [0.15, 0.2) is 12.2 Å². The zero-order chi connectivity index (χ0) is 9.94. The van der Waals surface area contributed by atoms with E-state index in [4.69, 9.17) is 4.74 Å². The van der Waals surface area contributed by atoms with Crippen molar-refractivity contribution >= 4 is 5.97 Å². The Labute approximate surface area is 81.0 Å². The summed E-state index contributed by atoms with van der Waals surface area (Å²) in [4.78, 5) is 11.0. The van der Waals surface area contributed by atoms with E-state index < -0.39 is 0 Å². The van der Waals surface area contributed by atoms with Crippen LogP contribution in [0.1, 0.15) is 46.0 Å². The first-order valence-electron chi connectivity index (χ1n) is 5.11. The van der Waals surface area contributed by atoms with Crippen molar-refractivity contribution in [3.05, 3.63) is 12.2 Å². The van der Waals surface area contributed by atoms with Crippen molar-refractivity contribution in [3.63, 3.8) is 0 Å². The van der Waals surface area contributed by atoms with Crippen molar-refractivity contribution in [3.8, 4) is 0 Å². The first-order chi connectivity index (χ1) is 6.31. The van der Waals surface area contributed by atoms with Gasteiger partial charge in [0.25, 0.3) is 0 Å². The van der Waals surface area contributed by atoms with Crippen LogP contribution < -0.4 is 0 Å². The summed E-state index contributed by atoms with van der Waals surface area (Å²) in [7, 11) is 0. The summed E-state index contributed by atoms with van der Waals surface area (Å²) >= 11 is 0. The van der Waals surface area contributed by atoms with Gasteiger partial charge >= 0.3 is 5.97 Å². The summed E-state index contributed by atoms with van der Waals surface area (Å²) < 4.78 is 4.96. The highest BCUT2D eigenvalue weighted by molar-refractivity contribution is 5.69. The predicted octanol–water partition coefficient (Wildman–Crippen LogP) is 3.08. The molecule has 0 aliphatic heterocycles. The SMILES string of the molecule is CCC/C=C\COC(=O)CCCC. The third-order valence-corrected chi connectivity index (χ3v) is 1.70. The number of ether oxygens (including phenoxy) is 1. The van der Waals surface area contributed by atoms with Gasteiger partial charge in [0.2, 0.25) is 0 Å². The first kappa shape index (κ1) is 12.2. The van der Waals surface area contributed by atoms with Crippen LogP contribution in [-0.2, 0) is 9.53 Å². The fourth-order valence-corrected chi connectivity index (χ4v) is 0.887. The lowest BCUT2D eigenvalue weighted by Gasteiger charge is -1.99. The highest BCUT2D eigenvalue weighted by Crippen LogP contribution is 1.96. The van der Waals surface area contributed by atoms with Gasteiger partial charge in [-0.2, -0.15) is 0 Å². The molecule has 0 aromatic rings. The smallest absolute Gasteiger partial charge is 0.306 e. The van der Waals surface area contributed by atoms with Crippen LogP contribution in [0.2, 0.25) is 0 Å². The number of unbranched alkanes of at least 4 members (excludes halogenated alkanes) is 2. The van der Waals surface area contributed by atoms with Crippen LogP contribution in [-0.4, -0.2) is 12.6 Å². The Kier molecular flexibility index (Phi) is 8.73. The molecule has 0 unspecified atom stereocenters. The molecule has 0 aliphatic carbocycles. The molecule has 0 saturated carbocycles. The molecule has 0 N–H and O–H groups in total. The standard InChI is InChI=1S/C11H20O2/c1-3-5-7-8-10-13-11(12)9-6-4-2/h7-8H,3-6,9-10H2,1-2H3/b8-7-. The minimum atomic E-state index is -0.0806. The molecule has 76 valence electrons. The molecule has 13 heavy (non-hydrogen) atoms. The van der Waals surface area contributed by atoms with Crippen LogP contribution in [0.25, 0.3) is 0 Å². The van der Waals surface area contributed by atoms with E-state index in [-0.39, 0.29) is 5.97 Å². The van der Waals surface area contributed by atoms with Crippen LogP contribution in [0, 0.1) is 0 Å². The highest BCUT2D eigenvalue weighted by atomic mass is 16.5. The van der Waals surface area contributed by atoms with Gasteiger partial charge in [0, 0.05) is 6.42 Å². The molecule has 0 amide bonds. The minimum absolute atomic E-state index is 0.0806. The van der Waals surface area contributed by atoms with Crippen LogP contribution in [0.5, 0.6) is 0 Å². The second-order valence-corrected chi connectivity index (χ2v) is 3.05. The molecule has 0 bridgehead atoms. The van der Waals surface area contributed by atoms with Gasteiger partial charge in [-0.25, -0.2) is 0 Å². The van der Waals surface area contributed by atoms with E-state index in [0.717, 1.165) is 25.7 Å². The Morgan fingerprint density at radius 2 is 2.00 bits per heavy atom. The van der Waals surface area contributed by atoms with Gasteiger partial charge in [0.1, 0.15) is 6.61 Å². The van der Waals surface area contributed by atoms with Crippen LogP contribution in [0.4, 0.5) is 0 Å². The molecule has 0 aliphatic rings. The van der Waals surface area contributed by atoms with Gasteiger partial charge in [0.15, 0.2) is 0 Å². The largest absolute Gasteiger partial charge is 0.461 e. The number of allylic oxidation sites excluding steroid dienone is 1. The highest BCUT2D eigenvalue weighted by Gasteiger charge is 1.98. The monoisotopic (exact) mass is 184 g/mol. The average molecular weight is 184 g/mol. The Morgan fingerprint density at radius 1 is 1.23 bits per heavy atom. The molecular weight excluding hydrogens is 164 g/mol. The molecule has 0 fully saturated rings. The quantitative estimate of drug-likeness (QED) is 0.449. The maximum absolute atomic E-state index is 11.0. The Bertz CT molecular complexity index is 150. The number of esters is 1. The third-order valence-electron chi connectivity index (χ3n) is 1.70. The van der Waals surface area contributed by atoms with E-state index in [0.29, 0.717) is 13.0 Å². The second-order valence-electron chi connectivity index (χ2n) is 3.05. The van der Waals surface area contributed by atoms with Crippen molar-refractivity contribution in [2.24, 2.45) is 0 Å². The van der Waals surface area contributed by atoms with Gasteiger partial charge < -0.3 is 4.74 Å². The Balaban J connectivity index is 3.26. The lowest BCUT2D eigenvalue weighted by Crippen LogP contribution is -2.03. The van der Waals surface area contributed by atoms with Gasteiger partial charge in [-0.15, -0.1) is 0 Å². The number of hydrogen-bond donors (Lipinski definition) is 0. The number of carbonyl (C=O) groups excluding carboxylic acids is 1. The minimum Gasteiger partial charge on any atom is -0.461 e. The fourth-order valence-electron chi connectivity index (χ4n) is 0.887. The third kappa shape index (κ3) is 9.12. The van der Waals surface area contributed by atoms with Crippen LogP contribution in [0.3, 0.4) is 0 Å². The molecule has 0 heterocycles. The molecule has 0 radical (unpaired) electrons. The lowest BCUT2D eigenvalue weighted by molar-refractivity contribution is -0.142. The van der Waals surface area contributed by atoms with Gasteiger partial charge in [-0.05, 0) is 12.8 Å². The second kappa shape index (κ2) is 9.30. The molecule has 2 nitrogen and oxygen atoms in total. The molecular formula is C11H20O2. The fraction of sp³-hybridized carbons (Fsp3) is 0.727. The normalized spacial score (nSPS) is 10.6. The van der Waals surface area contributed by atoms with E-state index in [2.05, 4.69) is 13.8 Å². The summed E-state index contributed by atoms with van der Waals surface area (Å²) in [5, 5.41) is 0. The lowest BCUT2D eigenvalue weighted by atomic mass is 10.2. The summed E-state index contributed by atoms with van der Waals surface area (Å²) in [5.41, 5.74) is 0. The molecule has 0 spiro atoms. The van der Waals surface area contributed by atoms with Crippen LogP contribution >= 0.6 is 0 Å². The predicted molar refractivity (Wildman–Crippen MR) is 54.5 cm³/mol. The van der Waals surface area contributed by atoms with Gasteiger partial charge in [-0.1, -0.05) is 38.8 Å². The van der Waals surface area contributed by atoms with E-state index in [1.54, 1.807) is 0 Å². The van der Waals surface area contributed by atoms with Crippen molar-refractivity contribution in [2.45, 2.75) is 46.0 Å². The topological polar surface area (TPSA) is 26.3 Å². The van der Waals surface area contributed by atoms with Crippen molar-refractivity contribution < 1.29 is 9.53 Å². The van der Waals surface area contributed by atoms with Gasteiger partial charge in [-0.3, -0.25) is 4.79 Å². The number of carbonyl (C=O) groups is 1. The maximum Gasteiger partial charge on any atom is 0.306 e. The van der Waals surface area contributed by atoms with E-state index in [1.807, 2.05) is 12.2 Å². The van der Waals surface area contributed by atoms with E-state index >= 15 is 0 Å². The van der Waals surface area contributed by atoms with Gasteiger partial charge in [0.05, 0.1) is 0 Å². The number of rotatable bonds is 7. The molecule has 0 rings (SSSR count). The summed E-state index contributed by atoms with van der Waals surface area (Å²) in [6, 6.07) is 0. The Hall–Kier alpha value is -0.790. The van der Waals surface area contributed by atoms with Crippen molar-refractivity contribution in [2.75, 3.05) is 6.61 Å². The molecule has 0 aromatic carbocycles. The zero-order valence-electron chi connectivity index (χ0n) is 8.71.